The summed E-state index contributed by atoms with van der Waals surface area (Å²) in [7, 11) is -3.94. The first kappa shape index (κ1) is 29.3. The summed E-state index contributed by atoms with van der Waals surface area (Å²) in [6, 6.07) is 2.91. The van der Waals surface area contributed by atoms with Gasteiger partial charge in [0.15, 0.2) is 0 Å². The van der Waals surface area contributed by atoms with E-state index in [0.29, 0.717) is 37.4 Å². The van der Waals surface area contributed by atoms with Crippen LogP contribution in [0.15, 0.2) is 6.07 Å². The lowest BCUT2D eigenvalue weighted by Crippen LogP contribution is -2.48. The molecule has 3 fully saturated rings. The second-order valence-corrected chi connectivity index (χ2v) is 12.9. The molecule has 11 nitrogen and oxygen atoms in total. The molecule has 0 radical (unpaired) electrons. The van der Waals surface area contributed by atoms with Crippen molar-refractivity contribution in [3.63, 3.8) is 0 Å². The molecule has 1 aromatic rings. The van der Waals surface area contributed by atoms with Crippen LogP contribution < -0.4 is 26.6 Å². The Kier molecular flexibility index (Phi) is 11.2. The Hall–Kier alpha value is -1.73. The van der Waals surface area contributed by atoms with Crippen LogP contribution in [0.3, 0.4) is 0 Å². The van der Waals surface area contributed by atoms with Gasteiger partial charge in [0, 0.05) is 50.9 Å². The number of nitrogens with zero attached hydrogens (tertiary/aromatic N) is 4. The molecule has 1 aromatic heterocycles. The minimum Gasteiger partial charge on any atom is -0.383 e. The first-order valence-electron chi connectivity index (χ1n) is 14.6. The van der Waals surface area contributed by atoms with Gasteiger partial charge in [-0.3, -0.25) is 9.45 Å². The van der Waals surface area contributed by atoms with Gasteiger partial charge in [-0.1, -0.05) is 19.3 Å². The predicted molar refractivity (Wildman–Crippen MR) is 153 cm³/mol. The Morgan fingerprint density at radius 1 is 0.947 bits per heavy atom. The minimum atomic E-state index is -3.94. The van der Waals surface area contributed by atoms with Crippen molar-refractivity contribution >= 4 is 27.7 Å². The first-order valence-corrected chi connectivity index (χ1v) is 16.2. The highest BCUT2D eigenvalue weighted by molar-refractivity contribution is 7.85. The summed E-state index contributed by atoms with van der Waals surface area (Å²) in [6.07, 6.45) is 12.7. The molecular weight excluding hydrogens is 504 g/mol. The topological polar surface area (TPSA) is 149 Å². The van der Waals surface area contributed by atoms with Crippen LogP contribution in [0.4, 0.5) is 17.6 Å². The number of piperazine rings is 1. The molecule has 0 amide bonds. The van der Waals surface area contributed by atoms with Crippen LogP contribution in [0, 0.1) is 5.92 Å². The van der Waals surface area contributed by atoms with Crippen molar-refractivity contribution in [1.82, 2.24) is 25.5 Å². The smallest absolute Gasteiger partial charge is 0.266 e. The van der Waals surface area contributed by atoms with E-state index < -0.39 is 10.1 Å². The van der Waals surface area contributed by atoms with Crippen molar-refractivity contribution in [1.29, 1.82) is 0 Å². The maximum absolute atomic E-state index is 11.0. The minimum absolute atomic E-state index is 0.238. The van der Waals surface area contributed by atoms with Crippen molar-refractivity contribution in [2.24, 2.45) is 5.92 Å². The maximum Gasteiger partial charge on any atom is 0.266 e. The molecule has 216 valence electrons. The average molecular weight is 553 g/mol. The molecule has 6 N–H and O–H groups in total. The fourth-order valence-corrected chi connectivity index (χ4v) is 6.44. The van der Waals surface area contributed by atoms with Crippen LogP contribution in [0.5, 0.6) is 0 Å². The Bertz CT molecular complexity index is 944. The van der Waals surface area contributed by atoms with E-state index in [1.807, 2.05) is 4.90 Å². The largest absolute Gasteiger partial charge is 0.383 e. The van der Waals surface area contributed by atoms with Gasteiger partial charge in [0.25, 0.3) is 10.1 Å². The fraction of sp³-hybridized carbons (Fsp3) is 0.846. The fourth-order valence-electron chi connectivity index (χ4n) is 5.95. The van der Waals surface area contributed by atoms with Gasteiger partial charge in [0.2, 0.25) is 5.95 Å². The van der Waals surface area contributed by atoms with E-state index in [2.05, 4.69) is 25.8 Å². The van der Waals surface area contributed by atoms with Crippen LogP contribution in [-0.4, -0.2) is 98.0 Å². The monoisotopic (exact) mass is 552 g/mol. The van der Waals surface area contributed by atoms with E-state index in [-0.39, 0.29) is 5.75 Å². The van der Waals surface area contributed by atoms with Gasteiger partial charge < -0.3 is 26.6 Å². The van der Waals surface area contributed by atoms with Crippen LogP contribution in [0.25, 0.3) is 0 Å². The standard InChI is InChI=1S/C26H48N8O3S/c27-24-19-25(34-15-13-33(14-16-34)17-18-38(35,36)37)32-26(31-24)30-23-9-7-21(8-10-23)20-28-11-4-12-29-22-5-2-1-3-6-22/h19,21-23,28-29H,1-18,20H2,(H,35,36,37)(H3,27,30,31,32)/t21-,23-. The molecule has 12 heteroatoms. The third-order valence-electron chi connectivity index (χ3n) is 8.28. The van der Waals surface area contributed by atoms with Gasteiger partial charge in [-0.15, -0.1) is 0 Å². The molecule has 0 atom stereocenters. The number of nitrogen functional groups attached to an aromatic ring is 1. The number of hydrogen-bond donors (Lipinski definition) is 5. The van der Waals surface area contributed by atoms with Crippen LogP contribution in [0.2, 0.25) is 0 Å². The molecule has 4 rings (SSSR count). The van der Waals surface area contributed by atoms with Crippen molar-refractivity contribution < 1.29 is 13.0 Å². The van der Waals surface area contributed by atoms with Crippen molar-refractivity contribution in [3.05, 3.63) is 6.07 Å². The van der Waals surface area contributed by atoms with Crippen molar-refractivity contribution in [2.75, 3.05) is 74.1 Å². The van der Waals surface area contributed by atoms with Gasteiger partial charge in [0.05, 0.1) is 5.75 Å². The second-order valence-electron chi connectivity index (χ2n) is 11.3. The molecule has 0 unspecified atom stereocenters. The highest BCUT2D eigenvalue weighted by Crippen LogP contribution is 2.27. The van der Waals surface area contributed by atoms with Crippen molar-refractivity contribution in [3.8, 4) is 0 Å². The third-order valence-corrected chi connectivity index (χ3v) is 8.97. The van der Waals surface area contributed by atoms with Gasteiger partial charge >= 0.3 is 0 Å². The molecule has 38 heavy (non-hydrogen) atoms. The Balaban J connectivity index is 1.12. The van der Waals surface area contributed by atoms with E-state index in [9.17, 15) is 8.42 Å². The molecule has 1 saturated heterocycles. The normalized spacial score (nSPS) is 24.0. The molecule has 0 bridgehead atoms. The average Bonchev–Trinajstić information content (AvgIpc) is 2.90. The lowest BCUT2D eigenvalue weighted by atomic mass is 9.86. The SMILES string of the molecule is Nc1cc(N2CCN(CCS(=O)(=O)O)CC2)nc(N[C@H]2CC[C@H](CNCCCNC3CCCCC3)CC2)n1. The van der Waals surface area contributed by atoms with Gasteiger partial charge in [0.1, 0.15) is 11.6 Å². The summed E-state index contributed by atoms with van der Waals surface area (Å²) in [4.78, 5) is 13.4. The quantitative estimate of drug-likeness (QED) is 0.181. The summed E-state index contributed by atoms with van der Waals surface area (Å²) in [6.45, 7) is 6.50. The second kappa shape index (κ2) is 14.6. The van der Waals surface area contributed by atoms with Gasteiger partial charge in [-0.05, 0) is 70.5 Å². The molecule has 2 aliphatic carbocycles. The zero-order valence-electron chi connectivity index (χ0n) is 22.8. The number of rotatable bonds is 13. The zero-order valence-corrected chi connectivity index (χ0v) is 23.6. The Morgan fingerprint density at radius 3 is 2.39 bits per heavy atom. The molecule has 0 spiro atoms. The van der Waals surface area contributed by atoms with Crippen molar-refractivity contribution in [2.45, 2.75) is 76.3 Å². The summed E-state index contributed by atoms with van der Waals surface area (Å²) < 4.78 is 31.0. The highest BCUT2D eigenvalue weighted by atomic mass is 32.2. The lowest BCUT2D eigenvalue weighted by molar-refractivity contribution is 0.269. The lowest BCUT2D eigenvalue weighted by Gasteiger charge is -2.35. The summed E-state index contributed by atoms with van der Waals surface area (Å²) in [5.74, 6) is 2.32. The number of hydrogen-bond acceptors (Lipinski definition) is 10. The van der Waals surface area contributed by atoms with E-state index in [1.165, 1.54) is 51.4 Å². The Labute approximate surface area is 228 Å². The number of nitrogens with one attached hydrogen (secondary N) is 3. The summed E-state index contributed by atoms with van der Waals surface area (Å²) in [5, 5.41) is 10.9. The summed E-state index contributed by atoms with van der Waals surface area (Å²) >= 11 is 0. The number of aromatic nitrogens is 2. The molecular formula is C26H48N8O3S. The Morgan fingerprint density at radius 2 is 1.68 bits per heavy atom. The third kappa shape index (κ3) is 10.1. The predicted octanol–water partition coefficient (Wildman–Crippen LogP) is 1.94. The number of anilines is 3. The molecule has 2 heterocycles. The summed E-state index contributed by atoms with van der Waals surface area (Å²) in [5.41, 5.74) is 6.11. The van der Waals surface area contributed by atoms with Crippen LogP contribution in [-0.2, 0) is 10.1 Å². The highest BCUT2D eigenvalue weighted by Gasteiger charge is 2.23. The molecule has 3 aliphatic rings. The number of nitrogens with two attached hydrogens (primary N) is 1. The first-order chi connectivity index (χ1) is 18.3. The van der Waals surface area contributed by atoms with Gasteiger partial charge in [-0.25, -0.2) is 0 Å². The van der Waals surface area contributed by atoms with Crippen LogP contribution >= 0.6 is 0 Å². The van der Waals surface area contributed by atoms with Gasteiger partial charge in [-0.2, -0.15) is 18.4 Å². The van der Waals surface area contributed by atoms with E-state index >= 15 is 0 Å². The maximum atomic E-state index is 11.0. The molecule has 1 aliphatic heterocycles. The van der Waals surface area contributed by atoms with E-state index in [1.54, 1.807) is 6.07 Å². The van der Waals surface area contributed by atoms with Crippen LogP contribution in [0.1, 0.15) is 64.2 Å². The molecule has 0 aromatic carbocycles. The van der Waals surface area contributed by atoms with E-state index in [4.69, 9.17) is 15.3 Å². The zero-order chi connectivity index (χ0) is 26.8. The van der Waals surface area contributed by atoms with E-state index in [0.717, 1.165) is 63.3 Å². The molecule has 2 saturated carbocycles.